The fourth-order valence-corrected chi connectivity index (χ4v) is 2.31. The summed E-state index contributed by atoms with van der Waals surface area (Å²) in [5, 5.41) is 6.10. The molecule has 23 heavy (non-hydrogen) atoms. The van der Waals surface area contributed by atoms with E-state index in [0.717, 1.165) is 30.9 Å². The number of benzene rings is 1. The van der Waals surface area contributed by atoms with E-state index in [1.165, 1.54) is 0 Å². The highest BCUT2D eigenvalue weighted by Crippen LogP contribution is 2.21. The minimum Gasteiger partial charge on any atom is -0.424 e. The normalized spacial score (nSPS) is 16.5. The molecule has 2 aromatic rings. The van der Waals surface area contributed by atoms with Crippen molar-refractivity contribution in [2.24, 2.45) is 5.92 Å². The second-order valence-corrected chi connectivity index (χ2v) is 5.29. The monoisotopic (exact) mass is 334 g/mol. The lowest BCUT2D eigenvalue weighted by atomic mass is 10.1. The molecular weight excluding hydrogens is 316 g/mol. The zero-order chi connectivity index (χ0) is 15.4. The first-order valence-electron chi connectivity index (χ1n) is 7.30. The number of amides is 1. The molecule has 1 atom stereocenters. The average Bonchev–Trinajstić information content (AvgIpc) is 3.04. The first kappa shape index (κ1) is 17.2. The number of carbonyl (C=O) groups is 1. The molecule has 1 aliphatic rings. The Morgan fingerprint density at radius 2 is 2.09 bits per heavy atom. The van der Waals surface area contributed by atoms with Crippen LogP contribution in [0.5, 0.6) is 11.8 Å². The SMILES string of the molecule is Cc1ccnc(Oc2ccc(NC(=O)C3CCNC3)cc2)n1.Cl. The summed E-state index contributed by atoms with van der Waals surface area (Å²) in [4.78, 5) is 20.3. The van der Waals surface area contributed by atoms with Crippen molar-refractivity contribution in [3.63, 3.8) is 0 Å². The standard InChI is InChI=1S/C16H18N4O2.ClH/c1-11-6-9-18-16(19-11)22-14-4-2-13(3-5-14)20-15(21)12-7-8-17-10-12;/h2-6,9,12,17H,7-8,10H2,1H3,(H,20,21);1H. The van der Waals surface area contributed by atoms with E-state index in [4.69, 9.17) is 4.74 Å². The van der Waals surface area contributed by atoms with Gasteiger partial charge in [-0.3, -0.25) is 4.79 Å². The van der Waals surface area contributed by atoms with Crippen molar-refractivity contribution in [1.82, 2.24) is 15.3 Å². The van der Waals surface area contributed by atoms with Gasteiger partial charge in [0.2, 0.25) is 5.91 Å². The fourth-order valence-electron chi connectivity index (χ4n) is 2.31. The summed E-state index contributed by atoms with van der Waals surface area (Å²) in [6.07, 6.45) is 2.54. The van der Waals surface area contributed by atoms with Crippen molar-refractivity contribution in [3.05, 3.63) is 42.2 Å². The summed E-state index contributed by atoms with van der Waals surface area (Å²) < 4.78 is 5.57. The zero-order valence-corrected chi connectivity index (χ0v) is 13.6. The molecule has 1 amide bonds. The van der Waals surface area contributed by atoms with Gasteiger partial charge in [-0.1, -0.05) is 0 Å². The topological polar surface area (TPSA) is 76.1 Å². The summed E-state index contributed by atoms with van der Waals surface area (Å²) in [6.45, 7) is 3.53. The second kappa shape index (κ2) is 7.89. The van der Waals surface area contributed by atoms with Crippen LogP contribution < -0.4 is 15.4 Å². The average molecular weight is 335 g/mol. The Morgan fingerprint density at radius 3 is 2.74 bits per heavy atom. The number of nitrogens with zero attached hydrogens (tertiary/aromatic N) is 2. The predicted molar refractivity (Wildman–Crippen MR) is 90.1 cm³/mol. The highest BCUT2D eigenvalue weighted by molar-refractivity contribution is 5.92. The molecule has 2 heterocycles. The van der Waals surface area contributed by atoms with E-state index >= 15 is 0 Å². The van der Waals surface area contributed by atoms with Crippen LogP contribution in [0.1, 0.15) is 12.1 Å². The van der Waals surface area contributed by atoms with E-state index in [1.807, 2.05) is 25.1 Å². The molecule has 1 fully saturated rings. The van der Waals surface area contributed by atoms with Gasteiger partial charge in [-0.2, -0.15) is 0 Å². The highest BCUT2D eigenvalue weighted by Gasteiger charge is 2.22. The fraction of sp³-hybridized carbons (Fsp3) is 0.312. The number of nitrogens with one attached hydrogen (secondary N) is 2. The largest absolute Gasteiger partial charge is 0.424 e. The smallest absolute Gasteiger partial charge is 0.322 e. The molecule has 1 unspecified atom stereocenters. The second-order valence-electron chi connectivity index (χ2n) is 5.29. The van der Waals surface area contributed by atoms with E-state index in [1.54, 1.807) is 18.3 Å². The van der Waals surface area contributed by atoms with Crippen LogP contribution in [0, 0.1) is 12.8 Å². The molecule has 1 aromatic heterocycles. The number of hydrogen-bond acceptors (Lipinski definition) is 5. The maximum Gasteiger partial charge on any atom is 0.322 e. The molecule has 122 valence electrons. The molecule has 7 heteroatoms. The van der Waals surface area contributed by atoms with E-state index in [9.17, 15) is 4.79 Å². The van der Waals surface area contributed by atoms with E-state index in [-0.39, 0.29) is 24.2 Å². The van der Waals surface area contributed by atoms with Crippen LogP contribution in [-0.2, 0) is 4.79 Å². The quantitative estimate of drug-likeness (QED) is 0.898. The maximum atomic E-state index is 12.0. The van der Waals surface area contributed by atoms with Crippen LogP contribution in [0.25, 0.3) is 0 Å². The third kappa shape index (κ3) is 4.64. The Morgan fingerprint density at radius 1 is 1.30 bits per heavy atom. The van der Waals surface area contributed by atoms with Gasteiger partial charge in [0.25, 0.3) is 0 Å². The number of ether oxygens (including phenoxy) is 1. The van der Waals surface area contributed by atoms with Gasteiger partial charge in [-0.25, -0.2) is 9.97 Å². The van der Waals surface area contributed by atoms with E-state index < -0.39 is 0 Å². The number of aromatic nitrogens is 2. The number of carbonyl (C=O) groups excluding carboxylic acids is 1. The van der Waals surface area contributed by atoms with E-state index in [2.05, 4.69) is 20.6 Å². The molecule has 0 spiro atoms. The minimum atomic E-state index is 0. The molecule has 2 N–H and O–H groups in total. The van der Waals surface area contributed by atoms with Gasteiger partial charge in [0.15, 0.2) is 0 Å². The molecule has 0 bridgehead atoms. The molecule has 1 aromatic carbocycles. The summed E-state index contributed by atoms with van der Waals surface area (Å²) in [6, 6.07) is 9.32. The van der Waals surface area contributed by atoms with Crippen LogP contribution in [0.4, 0.5) is 5.69 Å². The Kier molecular flexibility index (Phi) is 5.90. The molecule has 3 rings (SSSR count). The number of anilines is 1. The molecule has 1 aliphatic heterocycles. The predicted octanol–water partition coefficient (Wildman–Crippen LogP) is 2.55. The van der Waals surface area contributed by atoms with E-state index in [0.29, 0.717) is 11.8 Å². The summed E-state index contributed by atoms with van der Waals surface area (Å²) >= 11 is 0. The zero-order valence-electron chi connectivity index (χ0n) is 12.8. The van der Waals surface area contributed by atoms with Crippen LogP contribution in [0.2, 0.25) is 0 Å². The number of rotatable bonds is 4. The van der Waals surface area contributed by atoms with Gasteiger partial charge < -0.3 is 15.4 Å². The lowest BCUT2D eigenvalue weighted by molar-refractivity contribution is -0.119. The van der Waals surface area contributed by atoms with Crippen LogP contribution >= 0.6 is 12.4 Å². The Labute approximate surface area is 141 Å². The van der Waals surface area contributed by atoms with Crippen LogP contribution in [-0.4, -0.2) is 29.0 Å². The van der Waals surface area contributed by atoms with Gasteiger partial charge in [-0.15, -0.1) is 12.4 Å². The first-order valence-corrected chi connectivity index (χ1v) is 7.30. The molecule has 1 saturated heterocycles. The van der Waals surface area contributed by atoms with Gasteiger partial charge in [-0.05, 0) is 50.2 Å². The van der Waals surface area contributed by atoms with Crippen molar-refractivity contribution in [2.75, 3.05) is 18.4 Å². The summed E-state index contributed by atoms with van der Waals surface area (Å²) in [7, 11) is 0. The first-order chi connectivity index (χ1) is 10.7. The molecule has 6 nitrogen and oxygen atoms in total. The molecule has 0 radical (unpaired) electrons. The number of aryl methyl sites for hydroxylation is 1. The number of hydrogen-bond donors (Lipinski definition) is 2. The lowest BCUT2D eigenvalue weighted by Gasteiger charge is -2.10. The molecular formula is C16H19ClN4O2. The number of halogens is 1. The lowest BCUT2D eigenvalue weighted by Crippen LogP contribution is -2.24. The van der Waals surface area contributed by atoms with Crippen molar-refractivity contribution in [1.29, 1.82) is 0 Å². The van der Waals surface area contributed by atoms with Crippen molar-refractivity contribution >= 4 is 24.0 Å². The van der Waals surface area contributed by atoms with Crippen molar-refractivity contribution < 1.29 is 9.53 Å². The van der Waals surface area contributed by atoms with Crippen LogP contribution in [0.15, 0.2) is 36.5 Å². The third-order valence-corrected chi connectivity index (χ3v) is 3.53. The van der Waals surface area contributed by atoms with Crippen molar-refractivity contribution in [2.45, 2.75) is 13.3 Å². The Bertz CT molecular complexity index is 657. The summed E-state index contributed by atoms with van der Waals surface area (Å²) in [5.41, 5.74) is 1.61. The minimum absolute atomic E-state index is 0. The maximum absolute atomic E-state index is 12.0. The highest BCUT2D eigenvalue weighted by atomic mass is 35.5. The third-order valence-electron chi connectivity index (χ3n) is 3.53. The molecule has 0 saturated carbocycles. The Hall–Kier alpha value is -2.18. The Balaban J connectivity index is 0.00000192. The summed E-state index contributed by atoms with van der Waals surface area (Å²) in [5.74, 6) is 0.739. The van der Waals surface area contributed by atoms with Crippen LogP contribution in [0.3, 0.4) is 0 Å². The molecule has 0 aliphatic carbocycles. The van der Waals surface area contributed by atoms with Gasteiger partial charge >= 0.3 is 6.01 Å². The van der Waals surface area contributed by atoms with Crippen molar-refractivity contribution in [3.8, 4) is 11.8 Å². The van der Waals surface area contributed by atoms with Gasteiger partial charge in [0, 0.05) is 24.1 Å². The van der Waals surface area contributed by atoms with Gasteiger partial charge in [0.1, 0.15) is 5.75 Å². The van der Waals surface area contributed by atoms with Gasteiger partial charge in [0.05, 0.1) is 5.92 Å².